The van der Waals surface area contributed by atoms with Gasteiger partial charge in [0.15, 0.2) is 0 Å². The SMILES string of the molecule is CCOC(=O)C1CCN(C(=O)c2cc(COc3c(C)cccc3C)cs2)CC1. The Morgan fingerprint density at radius 2 is 1.86 bits per heavy atom. The minimum Gasteiger partial charge on any atom is -0.488 e. The van der Waals surface area contributed by atoms with Gasteiger partial charge in [-0.05, 0) is 56.2 Å². The molecule has 1 aromatic heterocycles. The number of para-hydroxylation sites is 1. The second kappa shape index (κ2) is 9.24. The van der Waals surface area contributed by atoms with Crippen LogP contribution in [0.3, 0.4) is 0 Å². The van der Waals surface area contributed by atoms with Gasteiger partial charge in [-0.2, -0.15) is 0 Å². The van der Waals surface area contributed by atoms with Crippen molar-refractivity contribution < 1.29 is 19.1 Å². The number of esters is 1. The van der Waals surface area contributed by atoms with Crippen LogP contribution in [-0.4, -0.2) is 36.5 Å². The summed E-state index contributed by atoms with van der Waals surface area (Å²) >= 11 is 1.45. The molecule has 0 spiro atoms. The molecule has 2 heterocycles. The van der Waals surface area contributed by atoms with Crippen LogP contribution < -0.4 is 4.74 Å². The Morgan fingerprint density at radius 1 is 1.18 bits per heavy atom. The number of likely N-dealkylation sites (tertiary alicyclic amines) is 1. The van der Waals surface area contributed by atoms with Gasteiger partial charge in [0.05, 0.1) is 17.4 Å². The van der Waals surface area contributed by atoms with E-state index in [0.717, 1.165) is 27.3 Å². The lowest BCUT2D eigenvalue weighted by atomic mass is 9.97. The Balaban J connectivity index is 1.55. The fraction of sp³-hybridized carbons (Fsp3) is 0.455. The highest BCUT2D eigenvalue weighted by atomic mass is 32.1. The van der Waals surface area contributed by atoms with E-state index in [9.17, 15) is 9.59 Å². The normalized spacial score (nSPS) is 14.8. The van der Waals surface area contributed by atoms with Gasteiger partial charge in [-0.1, -0.05) is 18.2 Å². The minimum atomic E-state index is -0.142. The number of nitrogens with zero attached hydrogens (tertiary/aromatic N) is 1. The van der Waals surface area contributed by atoms with E-state index in [1.54, 1.807) is 0 Å². The molecule has 28 heavy (non-hydrogen) atoms. The summed E-state index contributed by atoms with van der Waals surface area (Å²) in [5.74, 6) is 0.707. The third kappa shape index (κ3) is 4.73. The molecule has 0 aliphatic carbocycles. The van der Waals surface area contributed by atoms with E-state index >= 15 is 0 Å². The van der Waals surface area contributed by atoms with Gasteiger partial charge >= 0.3 is 5.97 Å². The molecule has 1 aromatic carbocycles. The third-order valence-corrected chi connectivity index (χ3v) is 6.03. The van der Waals surface area contributed by atoms with Gasteiger partial charge in [-0.25, -0.2) is 0 Å². The van der Waals surface area contributed by atoms with E-state index in [1.165, 1.54) is 11.3 Å². The lowest BCUT2D eigenvalue weighted by Gasteiger charge is -2.30. The zero-order chi connectivity index (χ0) is 20.1. The molecule has 0 bridgehead atoms. The third-order valence-electron chi connectivity index (χ3n) is 5.06. The smallest absolute Gasteiger partial charge is 0.309 e. The molecule has 0 unspecified atom stereocenters. The van der Waals surface area contributed by atoms with Crippen molar-refractivity contribution >= 4 is 23.2 Å². The van der Waals surface area contributed by atoms with Crippen molar-refractivity contribution in [2.75, 3.05) is 19.7 Å². The molecule has 1 amide bonds. The number of ether oxygens (including phenoxy) is 2. The Labute approximate surface area is 170 Å². The van der Waals surface area contributed by atoms with Crippen LogP contribution in [-0.2, 0) is 16.1 Å². The summed E-state index contributed by atoms with van der Waals surface area (Å²) in [6, 6.07) is 8.00. The number of aryl methyl sites for hydroxylation is 2. The van der Waals surface area contributed by atoms with Crippen molar-refractivity contribution in [3.8, 4) is 5.75 Å². The number of thiophene rings is 1. The Hall–Kier alpha value is -2.34. The first kappa shape index (κ1) is 20.4. The lowest BCUT2D eigenvalue weighted by molar-refractivity contribution is -0.149. The lowest BCUT2D eigenvalue weighted by Crippen LogP contribution is -2.40. The predicted octanol–water partition coefficient (Wildman–Crippen LogP) is 4.36. The zero-order valence-electron chi connectivity index (χ0n) is 16.7. The van der Waals surface area contributed by atoms with Crippen molar-refractivity contribution in [1.29, 1.82) is 0 Å². The number of piperidine rings is 1. The topological polar surface area (TPSA) is 55.8 Å². The van der Waals surface area contributed by atoms with Gasteiger partial charge in [0.1, 0.15) is 12.4 Å². The van der Waals surface area contributed by atoms with Crippen LogP contribution in [0.25, 0.3) is 0 Å². The Morgan fingerprint density at radius 3 is 2.50 bits per heavy atom. The molecule has 1 aliphatic rings. The first-order valence-electron chi connectivity index (χ1n) is 9.72. The number of benzene rings is 1. The Bertz CT molecular complexity index is 817. The molecule has 0 N–H and O–H groups in total. The number of rotatable bonds is 6. The van der Waals surface area contributed by atoms with Crippen LogP contribution in [0.5, 0.6) is 5.75 Å². The summed E-state index contributed by atoms with van der Waals surface area (Å²) < 4.78 is 11.1. The average Bonchev–Trinajstić information content (AvgIpc) is 3.16. The van der Waals surface area contributed by atoms with E-state index in [-0.39, 0.29) is 17.8 Å². The molecular weight excluding hydrogens is 374 g/mol. The highest BCUT2D eigenvalue weighted by Crippen LogP contribution is 2.26. The highest BCUT2D eigenvalue weighted by Gasteiger charge is 2.29. The van der Waals surface area contributed by atoms with Gasteiger partial charge < -0.3 is 14.4 Å². The fourth-order valence-corrected chi connectivity index (χ4v) is 4.34. The molecule has 2 aromatic rings. The summed E-state index contributed by atoms with van der Waals surface area (Å²) in [6.07, 6.45) is 1.33. The molecular formula is C22H27NO4S. The Kier molecular flexibility index (Phi) is 6.73. The van der Waals surface area contributed by atoms with Gasteiger partial charge in [0.2, 0.25) is 0 Å². The minimum absolute atomic E-state index is 0.0330. The summed E-state index contributed by atoms with van der Waals surface area (Å²) in [6.45, 7) is 7.91. The van der Waals surface area contributed by atoms with Crippen LogP contribution in [0.4, 0.5) is 0 Å². The number of hydrogen-bond donors (Lipinski definition) is 0. The van der Waals surface area contributed by atoms with Gasteiger partial charge in [-0.15, -0.1) is 11.3 Å². The van der Waals surface area contributed by atoms with Crippen molar-refractivity contribution in [2.24, 2.45) is 5.92 Å². The molecule has 0 atom stereocenters. The molecule has 0 radical (unpaired) electrons. The second-order valence-electron chi connectivity index (χ2n) is 7.15. The maximum atomic E-state index is 12.8. The maximum Gasteiger partial charge on any atom is 0.309 e. The van der Waals surface area contributed by atoms with E-state index < -0.39 is 0 Å². The van der Waals surface area contributed by atoms with Crippen molar-refractivity contribution in [3.05, 3.63) is 51.2 Å². The first-order valence-corrected chi connectivity index (χ1v) is 10.6. The summed E-state index contributed by atoms with van der Waals surface area (Å²) in [5, 5.41) is 1.98. The van der Waals surface area contributed by atoms with E-state index in [1.807, 2.05) is 55.3 Å². The molecule has 150 valence electrons. The van der Waals surface area contributed by atoms with Crippen molar-refractivity contribution in [1.82, 2.24) is 4.90 Å². The van der Waals surface area contributed by atoms with E-state index in [0.29, 0.717) is 39.1 Å². The van der Waals surface area contributed by atoms with Crippen LogP contribution in [0.1, 0.15) is 46.1 Å². The predicted molar refractivity (Wildman–Crippen MR) is 110 cm³/mol. The zero-order valence-corrected chi connectivity index (χ0v) is 17.5. The summed E-state index contributed by atoms with van der Waals surface area (Å²) in [7, 11) is 0. The van der Waals surface area contributed by atoms with Crippen LogP contribution in [0, 0.1) is 19.8 Å². The van der Waals surface area contributed by atoms with Crippen LogP contribution >= 0.6 is 11.3 Å². The van der Waals surface area contributed by atoms with Crippen LogP contribution in [0.15, 0.2) is 29.6 Å². The second-order valence-corrected chi connectivity index (χ2v) is 8.06. The van der Waals surface area contributed by atoms with E-state index in [4.69, 9.17) is 9.47 Å². The van der Waals surface area contributed by atoms with Gasteiger partial charge in [0.25, 0.3) is 5.91 Å². The largest absolute Gasteiger partial charge is 0.488 e. The van der Waals surface area contributed by atoms with Gasteiger partial charge in [0, 0.05) is 18.7 Å². The molecule has 1 fully saturated rings. The summed E-state index contributed by atoms with van der Waals surface area (Å²) in [4.78, 5) is 27.2. The maximum absolute atomic E-state index is 12.8. The number of amides is 1. The van der Waals surface area contributed by atoms with Crippen LogP contribution in [0.2, 0.25) is 0 Å². The van der Waals surface area contributed by atoms with E-state index in [2.05, 4.69) is 0 Å². The number of hydrogen-bond acceptors (Lipinski definition) is 5. The molecule has 6 heteroatoms. The number of carbonyl (C=O) groups is 2. The molecule has 0 saturated carbocycles. The molecule has 1 aliphatic heterocycles. The standard InChI is InChI=1S/C22H27NO4S/c1-4-26-22(25)18-8-10-23(11-9-18)21(24)19-12-17(14-28-19)13-27-20-15(2)6-5-7-16(20)3/h5-7,12,14,18H,4,8-11,13H2,1-3H3. The summed E-state index contributed by atoms with van der Waals surface area (Å²) in [5.41, 5.74) is 3.21. The average molecular weight is 402 g/mol. The van der Waals surface area contributed by atoms with Crippen molar-refractivity contribution in [2.45, 2.75) is 40.2 Å². The molecule has 3 rings (SSSR count). The number of carbonyl (C=O) groups excluding carboxylic acids is 2. The monoisotopic (exact) mass is 401 g/mol. The molecule has 1 saturated heterocycles. The van der Waals surface area contributed by atoms with Crippen molar-refractivity contribution in [3.63, 3.8) is 0 Å². The first-order chi connectivity index (χ1) is 13.5. The molecule has 5 nitrogen and oxygen atoms in total. The fourth-order valence-electron chi connectivity index (χ4n) is 3.48. The van der Waals surface area contributed by atoms with Gasteiger partial charge in [-0.3, -0.25) is 9.59 Å². The highest BCUT2D eigenvalue weighted by molar-refractivity contribution is 7.12. The quantitative estimate of drug-likeness (QED) is 0.675.